The van der Waals surface area contributed by atoms with Crippen LogP contribution in [0.3, 0.4) is 0 Å². The van der Waals surface area contributed by atoms with Crippen molar-refractivity contribution in [1.29, 1.82) is 0 Å². The molecule has 3 aromatic carbocycles. The highest BCUT2D eigenvalue weighted by Crippen LogP contribution is 2.29. The van der Waals surface area contributed by atoms with Crippen molar-refractivity contribution in [3.05, 3.63) is 92.4 Å². The van der Waals surface area contributed by atoms with Crippen molar-refractivity contribution in [3.63, 3.8) is 0 Å². The van der Waals surface area contributed by atoms with Gasteiger partial charge in [0, 0.05) is 32.2 Å². The second-order valence-electron chi connectivity index (χ2n) is 10.4. The molecular weight excluding hydrogens is 637 g/mol. The minimum Gasteiger partial charge on any atom is -0.350 e. The number of carbonyl (C=O) groups is 2. The molecule has 3 aromatic rings. The fourth-order valence-electron chi connectivity index (χ4n) is 3.88. The number of carbonyl (C=O) groups excluding carboxylic acids is 2. The van der Waals surface area contributed by atoms with E-state index in [2.05, 4.69) is 21.2 Å². The van der Waals surface area contributed by atoms with Crippen LogP contribution in [-0.2, 0) is 26.2 Å². The molecule has 0 fully saturated rings. The zero-order valence-electron chi connectivity index (χ0n) is 22.9. The van der Waals surface area contributed by atoms with Crippen molar-refractivity contribution in [3.8, 4) is 0 Å². The Morgan fingerprint density at radius 1 is 0.950 bits per heavy atom. The lowest BCUT2D eigenvalue weighted by Gasteiger charge is -2.33. The van der Waals surface area contributed by atoms with E-state index in [0.29, 0.717) is 21.3 Å². The first-order valence-corrected chi connectivity index (χ1v) is 15.5. The molecule has 214 valence electrons. The van der Waals surface area contributed by atoms with E-state index >= 15 is 0 Å². The number of halogens is 3. The normalized spacial score (nSPS) is 12.5. The quantitative estimate of drug-likeness (QED) is 0.279. The molecule has 40 heavy (non-hydrogen) atoms. The Kier molecular flexibility index (Phi) is 10.3. The maximum Gasteiger partial charge on any atom is 0.264 e. The van der Waals surface area contributed by atoms with E-state index in [1.807, 2.05) is 27.7 Å². The first-order valence-electron chi connectivity index (χ1n) is 12.5. The van der Waals surface area contributed by atoms with Crippen molar-refractivity contribution in [2.24, 2.45) is 0 Å². The molecule has 0 heterocycles. The number of rotatable bonds is 9. The molecule has 1 atom stereocenters. The van der Waals surface area contributed by atoms with Crippen molar-refractivity contribution in [2.45, 2.75) is 57.6 Å². The summed E-state index contributed by atoms with van der Waals surface area (Å²) in [7, 11) is -4.16. The van der Waals surface area contributed by atoms with Gasteiger partial charge in [0.2, 0.25) is 11.8 Å². The van der Waals surface area contributed by atoms with Crippen LogP contribution in [0.4, 0.5) is 5.69 Å². The summed E-state index contributed by atoms with van der Waals surface area (Å²) in [4.78, 5) is 28.5. The average molecular weight is 669 g/mol. The fraction of sp³-hybridized carbons (Fsp3) is 0.310. The van der Waals surface area contributed by atoms with Crippen LogP contribution < -0.4 is 9.62 Å². The topological polar surface area (TPSA) is 86.8 Å². The predicted octanol–water partition coefficient (Wildman–Crippen LogP) is 6.59. The Labute approximate surface area is 254 Å². The first-order chi connectivity index (χ1) is 18.6. The minimum atomic E-state index is -4.16. The van der Waals surface area contributed by atoms with Gasteiger partial charge in [0.05, 0.1) is 10.6 Å². The van der Waals surface area contributed by atoms with Crippen molar-refractivity contribution < 1.29 is 18.0 Å². The number of hydrogen-bond acceptors (Lipinski definition) is 4. The highest BCUT2D eigenvalue weighted by Gasteiger charge is 2.34. The summed E-state index contributed by atoms with van der Waals surface area (Å²) in [6, 6.07) is 17.0. The van der Waals surface area contributed by atoms with Crippen LogP contribution in [-0.4, -0.2) is 43.3 Å². The number of nitrogens with zero attached hydrogens (tertiary/aromatic N) is 2. The lowest BCUT2D eigenvalue weighted by atomic mass is 10.1. The molecule has 0 bridgehead atoms. The first kappa shape index (κ1) is 31.9. The van der Waals surface area contributed by atoms with Crippen molar-refractivity contribution >= 4 is 66.7 Å². The molecule has 11 heteroatoms. The fourth-order valence-corrected chi connectivity index (χ4v) is 6.08. The molecule has 0 saturated heterocycles. The van der Waals surface area contributed by atoms with Crippen LogP contribution >= 0.6 is 39.1 Å². The molecule has 0 spiro atoms. The average Bonchev–Trinajstić information content (AvgIpc) is 2.86. The standard InChI is InChI=1S/C29H32BrCl2N3O4S/c1-19-9-15-23(16-10-19)40(38,39)35(22-13-11-21(30)12-14-22)18-27(36)34(20(2)28(37)33-29(3,4)5)17-24-25(31)7-6-8-26(24)32/h6-16,20H,17-18H2,1-5H3,(H,33,37). The molecule has 0 aliphatic rings. The largest absolute Gasteiger partial charge is 0.350 e. The third-order valence-electron chi connectivity index (χ3n) is 6.06. The van der Waals surface area contributed by atoms with Crippen LogP contribution in [0.1, 0.15) is 38.8 Å². The van der Waals surface area contributed by atoms with Crippen LogP contribution in [0.2, 0.25) is 10.0 Å². The zero-order chi connectivity index (χ0) is 29.8. The third kappa shape index (κ3) is 8.00. The van der Waals surface area contributed by atoms with Crippen LogP contribution in [0.25, 0.3) is 0 Å². The van der Waals surface area contributed by atoms with Gasteiger partial charge in [0.15, 0.2) is 0 Å². The minimum absolute atomic E-state index is 0.0352. The maximum atomic E-state index is 14.0. The highest BCUT2D eigenvalue weighted by molar-refractivity contribution is 9.10. The molecule has 3 rings (SSSR count). The van der Waals surface area contributed by atoms with Crippen LogP contribution in [0.15, 0.2) is 76.1 Å². The Hall–Kier alpha value is -2.59. The number of hydrogen-bond donors (Lipinski definition) is 1. The zero-order valence-corrected chi connectivity index (χ0v) is 26.8. The molecule has 1 unspecified atom stereocenters. The molecular formula is C29H32BrCl2N3O4S. The molecule has 0 aliphatic carbocycles. The number of aryl methyl sites for hydroxylation is 1. The third-order valence-corrected chi connectivity index (χ3v) is 9.08. The maximum absolute atomic E-state index is 14.0. The van der Waals surface area contributed by atoms with E-state index in [1.54, 1.807) is 61.5 Å². The monoisotopic (exact) mass is 667 g/mol. The number of benzene rings is 3. The van der Waals surface area contributed by atoms with E-state index in [-0.39, 0.29) is 11.4 Å². The van der Waals surface area contributed by atoms with E-state index in [1.165, 1.54) is 17.0 Å². The van der Waals surface area contributed by atoms with Crippen molar-refractivity contribution in [1.82, 2.24) is 10.2 Å². The molecule has 2 amide bonds. The summed E-state index contributed by atoms with van der Waals surface area (Å²) in [5.41, 5.74) is 1.08. The summed E-state index contributed by atoms with van der Waals surface area (Å²) in [6.45, 7) is 8.27. The molecule has 7 nitrogen and oxygen atoms in total. The van der Waals surface area contributed by atoms with Gasteiger partial charge in [-0.2, -0.15) is 0 Å². The van der Waals surface area contributed by atoms with E-state index in [0.717, 1.165) is 14.3 Å². The molecule has 0 aliphatic heterocycles. The Morgan fingerprint density at radius 2 is 1.50 bits per heavy atom. The molecule has 0 radical (unpaired) electrons. The molecule has 0 aromatic heterocycles. The lowest BCUT2D eigenvalue weighted by Crippen LogP contribution is -2.54. The number of amides is 2. The Balaban J connectivity index is 2.07. The van der Waals surface area contributed by atoms with Crippen LogP contribution in [0, 0.1) is 6.92 Å². The lowest BCUT2D eigenvalue weighted by molar-refractivity contribution is -0.140. The predicted molar refractivity (Wildman–Crippen MR) is 164 cm³/mol. The molecule has 0 saturated carbocycles. The summed E-state index contributed by atoms with van der Waals surface area (Å²) in [5.74, 6) is -1.01. The van der Waals surface area contributed by atoms with Gasteiger partial charge >= 0.3 is 0 Å². The van der Waals surface area contributed by atoms with Gasteiger partial charge in [-0.1, -0.05) is 62.9 Å². The van der Waals surface area contributed by atoms with Gasteiger partial charge in [0.25, 0.3) is 10.0 Å². The summed E-state index contributed by atoms with van der Waals surface area (Å²) in [6.07, 6.45) is 0. The summed E-state index contributed by atoms with van der Waals surface area (Å²) in [5, 5.41) is 3.54. The van der Waals surface area contributed by atoms with Crippen molar-refractivity contribution in [2.75, 3.05) is 10.8 Å². The molecule has 1 N–H and O–H groups in total. The second kappa shape index (κ2) is 12.9. The van der Waals surface area contributed by atoms with E-state index < -0.39 is 40.0 Å². The van der Waals surface area contributed by atoms with Crippen LogP contribution in [0.5, 0.6) is 0 Å². The highest BCUT2D eigenvalue weighted by atomic mass is 79.9. The van der Waals surface area contributed by atoms with Gasteiger partial charge in [0.1, 0.15) is 12.6 Å². The number of anilines is 1. The SMILES string of the molecule is Cc1ccc(S(=O)(=O)N(CC(=O)N(Cc2c(Cl)cccc2Cl)C(C)C(=O)NC(C)(C)C)c2ccc(Br)cc2)cc1. The van der Waals surface area contributed by atoms with Gasteiger partial charge in [-0.3, -0.25) is 13.9 Å². The van der Waals surface area contributed by atoms with Gasteiger partial charge in [-0.05, 0) is 83.1 Å². The smallest absolute Gasteiger partial charge is 0.264 e. The summed E-state index contributed by atoms with van der Waals surface area (Å²) < 4.78 is 29.5. The Morgan fingerprint density at radius 3 is 2.02 bits per heavy atom. The van der Waals surface area contributed by atoms with E-state index in [9.17, 15) is 18.0 Å². The number of nitrogens with one attached hydrogen (secondary N) is 1. The van der Waals surface area contributed by atoms with Gasteiger partial charge in [-0.25, -0.2) is 8.42 Å². The van der Waals surface area contributed by atoms with Gasteiger partial charge in [-0.15, -0.1) is 0 Å². The second-order valence-corrected chi connectivity index (χ2v) is 14.0. The van der Waals surface area contributed by atoms with E-state index in [4.69, 9.17) is 23.2 Å². The summed E-state index contributed by atoms with van der Waals surface area (Å²) >= 11 is 16.2. The number of sulfonamides is 1. The van der Waals surface area contributed by atoms with Gasteiger partial charge < -0.3 is 10.2 Å². The Bertz CT molecular complexity index is 1450.